The van der Waals surface area contributed by atoms with Gasteiger partial charge < -0.3 is 10.2 Å². The Morgan fingerprint density at radius 3 is 1.00 bits per heavy atom. The van der Waals surface area contributed by atoms with Gasteiger partial charge in [0, 0.05) is 0 Å². The Labute approximate surface area is 105 Å². The highest BCUT2D eigenvalue weighted by Crippen LogP contribution is 1.88. The summed E-state index contributed by atoms with van der Waals surface area (Å²) in [6, 6.07) is 0. The number of carbonyl (C=O) groups is 2. The van der Waals surface area contributed by atoms with Crippen LogP contribution in [0.2, 0.25) is 0 Å². The zero-order valence-corrected chi connectivity index (χ0v) is 12.0. The van der Waals surface area contributed by atoms with Crippen LogP contribution in [0.1, 0.15) is 60.8 Å². The van der Waals surface area contributed by atoms with Crippen LogP contribution in [0.5, 0.6) is 0 Å². The van der Waals surface area contributed by atoms with E-state index in [1.165, 1.54) is 19.3 Å². The number of unbranched alkanes of at least 4 members (excludes halogenated alkanes) is 2. The molecule has 0 bridgehead atoms. The molecule has 0 aromatic carbocycles. The van der Waals surface area contributed by atoms with E-state index in [-0.39, 0.29) is 11.8 Å². The molecule has 0 aliphatic carbocycles. The Bertz CT molecular complexity index is 166. The van der Waals surface area contributed by atoms with Crippen LogP contribution in [-0.4, -0.2) is 22.2 Å². The molecule has 17 heavy (non-hydrogen) atoms. The van der Waals surface area contributed by atoms with Crippen LogP contribution in [0.4, 0.5) is 0 Å². The molecule has 0 fully saturated rings. The number of rotatable bonds is 4. The zero-order valence-electron chi connectivity index (χ0n) is 12.0. The molecule has 0 heterocycles. The number of hydrogen-bond acceptors (Lipinski definition) is 2. The lowest BCUT2D eigenvalue weighted by Crippen LogP contribution is -2.03. The molecule has 0 saturated heterocycles. The predicted octanol–water partition coefficient (Wildman–Crippen LogP) is 3.65. The summed E-state index contributed by atoms with van der Waals surface area (Å²) < 4.78 is 0. The van der Waals surface area contributed by atoms with Crippen molar-refractivity contribution in [2.75, 3.05) is 0 Å². The van der Waals surface area contributed by atoms with E-state index in [2.05, 4.69) is 13.8 Å². The zero-order chi connectivity index (χ0) is 14.4. The smallest absolute Gasteiger partial charge is 0.305 e. The van der Waals surface area contributed by atoms with Crippen molar-refractivity contribution < 1.29 is 19.8 Å². The lowest BCUT2D eigenvalue weighted by molar-refractivity contribution is -0.141. The van der Waals surface area contributed by atoms with E-state index in [1.54, 1.807) is 27.7 Å². The van der Waals surface area contributed by atoms with E-state index in [0.717, 1.165) is 0 Å². The van der Waals surface area contributed by atoms with Crippen molar-refractivity contribution in [1.29, 1.82) is 0 Å². The maximum absolute atomic E-state index is 9.70. The van der Waals surface area contributed by atoms with Crippen LogP contribution < -0.4 is 0 Å². The largest absolute Gasteiger partial charge is 0.481 e. The van der Waals surface area contributed by atoms with Gasteiger partial charge in [-0.2, -0.15) is 0 Å². The molecule has 2 N–H and O–H groups in total. The predicted molar refractivity (Wildman–Crippen MR) is 70.1 cm³/mol. The van der Waals surface area contributed by atoms with Crippen LogP contribution in [0, 0.1) is 11.8 Å². The third-order valence-electron chi connectivity index (χ3n) is 1.69. The van der Waals surface area contributed by atoms with Gasteiger partial charge >= 0.3 is 11.9 Å². The number of aliphatic carboxylic acids is 2. The molecular weight excluding hydrogens is 220 g/mol. The summed E-state index contributed by atoms with van der Waals surface area (Å²) in [5.74, 6) is -1.94. The van der Waals surface area contributed by atoms with Gasteiger partial charge in [-0.15, -0.1) is 0 Å². The topological polar surface area (TPSA) is 74.6 Å². The molecule has 4 nitrogen and oxygen atoms in total. The van der Waals surface area contributed by atoms with Crippen LogP contribution in [0.3, 0.4) is 0 Å². The van der Waals surface area contributed by atoms with Crippen molar-refractivity contribution in [3.05, 3.63) is 0 Å². The number of hydrogen-bond donors (Lipinski definition) is 2. The first-order valence-corrected chi connectivity index (χ1v) is 6.16. The van der Waals surface area contributed by atoms with Crippen molar-refractivity contribution in [2.24, 2.45) is 11.8 Å². The lowest BCUT2D eigenvalue weighted by Gasteiger charge is -1.89. The van der Waals surface area contributed by atoms with Crippen molar-refractivity contribution >= 4 is 11.9 Å². The van der Waals surface area contributed by atoms with Crippen LogP contribution in [0.25, 0.3) is 0 Å². The fraction of sp³-hybridized carbons (Fsp3) is 0.846. The Morgan fingerprint density at radius 1 is 0.824 bits per heavy atom. The van der Waals surface area contributed by atoms with Gasteiger partial charge in [-0.1, -0.05) is 60.8 Å². The maximum Gasteiger partial charge on any atom is 0.305 e. The van der Waals surface area contributed by atoms with Gasteiger partial charge in [-0.3, -0.25) is 9.59 Å². The molecule has 0 aliphatic heterocycles. The van der Waals surface area contributed by atoms with Crippen LogP contribution in [0.15, 0.2) is 0 Å². The molecular formula is C13H28O4. The Balaban J connectivity index is -0.000000174. The summed E-state index contributed by atoms with van der Waals surface area (Å²) in [4.78, 5) is 19.4. The van der Waals surface area contributed by atoms with Gasteiger partial charge in [0.2, 0.25) is 0 Å². The Morgan fingerprint density at radius 2 is 1.00 bits per heavy atom. The quantitative estimate of drug-likeness (QED) is 0.796. The summed E-state index contributed by atoms with van der Waals surface area (Å²) in [6.07, 6.45) is 4.08. The third-order valence-corrected chi connectivity index (χ3v) is 1.69. The molecule has 0 amide bonds. The highest BCUT2D eigenvalue weighted by molar-refractivity contribution is 5.69. The molecule has 4 heteroatoms. The van der Waals surface area contributed by atoms with Crippen LogP contribution in [-0.2, 0) is 9.59 Å². The SMILES string of the molecule is CC(C)C(=O)O.CC(C)C(=O)O.CCCCC. The van der Waals surface area contributed by atoms with Crippen LogP contribution >= 0.6 is 0 Å². The van der Waals surface area contributed by atoms with Gasteiger partial charge in [0.05, 0.1) is 11.8 Å². The third kappa shape index (κ3) is 31.3. The van der Waals surface area contributed by atoms with Crippen molar-refractivity contribution in [3.8, 4) is 0 Å². The second-order valence-electron chi connectivity index (χ2n) is 4.34. The standard InChI is InChI=1S/C5H12.2C4H8O2/c1-3-5-4-2;2*1-3(2)4(5)6/h3-5H2,1-2H3;2*3H,1-2H3,(H,5,6). The molecule has 0 atom stereocenters. The molecule has 0 radical (unpaired) electrons. The van der Waals surface area contributed by atoms with E-state index in [1.807, 2.05) is 0 Å². The van der Waals surface area contributed by atoms with Gasteiger partial charge in [0.15, 0.2) is 0 Å². The normalized spacial score (nSPS) is 8.94. The maximum atomic E-state index is 9.70. The number of carboxylic acids is 2. The second-order valence-corrected chi connectivity index (χ2v) is 4.34. The molecule has 0 saturated carbocycles. The molecule has 0 aromatic heterocycles. The average molecular weight is 248 g/mol. The van der Waals surface area contributed by atoms with Crippen molar-refractivity contribution in [1.82, 2.24) is 0 Å². The fourth-order valence-corrected chi connectivity index (χ4v) is 0.354. The summed E-state index contributed by atoms with van der Waals surface area (Å²) >= 11 is 0. The Kier molecular flexibility index (Phi) is 18.7. The molecule has 0 aliphatic rings. The molecule has 0 spiro atoms. The highest BCUT2D eigenvalue weighted by atomic mass is 16.4. The second kappa shape index (κ2) is 14.9. The van der Waals surface area contributed by atoms with E-state index in [4.69, 9.17) is 10.2 Å². The van der Waals surface area contributed by atoms with Gasteiger partial charge in [-0.05, 0) is 0 Å². The minimum absolute atomic E-state index is 0.231. The summed E-state index contributed by atoms with van der Waals surface area (Å²) in [7, 11) is 0. The highest BCUT2D eigenvalue weighted by Gasteiger charge is 1.99. The molecule has 0 rings (SSSR count). The monoisotopic (exact) mass is 248 g/mol. The summed E-state index contributed by atoms with van der Waals surface area (Å²) in [5, 5.41) is 16.0. The summed E-state index contributed by atoms with van der Waals surface area (Å²) in [6.45, 7) is 11.0. The van der Waals surface area contributed by atoms with E-state index in [0.29, 0.717) is 0 Å². The van der Waals surface area contributed by atoms with Gasteiger partial charge in [-0.25, -0.2) is 0 Å². The van der Waals surface area contributed by atoms with Crippen molar-refractivity contribution in [2.45, 2.75) is 60.8 Å². The minimum Gasteiger partial charge on any atom is -0.481 e. The molecule has 0 aromatic rings. The van der Waals surface area contributed by atoms with Gasteiger partial charge in [0.1, 0.15) is 0 Å². The van der Waals surface area contributed by atoms with E-state index < -0.39 is 11.9 Å². The summed E-state index contributed by atoms with van der Waals surface area (Å²) in [5.41, 5.74) is 0. The first kappa shape index (κ1) is 21.2. The number of carboxylic acid groups (broad SMARTS) is 2. The molecule has 0 unspecified atom stereocenters. The molecule has 104 valence electrons. The first-order chi connectivity index (χ1) is 7.70. The average Bonchev–Trinajstić information content (AvgIpc) is 2.20. The van der Waals surface area contributed by atoms with Crippen molar-refractivity contribution in [3.63, 3.8) is 0 Å². The van der Waals surface area contributed by atoms with E-state index in [9.17, 15) is 9.59 Å². The van der Waals surface area contributed by atoms with Gasteiger partial charge in [0.25, 0.3) is 0 Å². The van der Waals surface area contributed by atoms with E-state index >= 15 is 0 Å². The lowest BCUT2D eigenvalue weighted by atomic mass is 10.2. The minimum atomic E-state index is -0.741. The first-order valence-electron chi connectivity index (χ1n) is 6.16. The Hall–Kier alpha value is -1.06. The fourth-order valence-electron chi connectivity index (χ4n) is 0.354.